The fraction of sp³-hybridized carbons (Fsp3) is 0.686. The minimum Gasteiger partial charge on any atom is -0.463 e. The van der Waals surface area contributed by atoms with E-state index in [1.165, 1.54) is 108 Å². The van der Waals surface area contributed by atoms with Gasteiger partial charge >= 0.3 is 6.01 Å². The second-order valence-electron chi connectivity index (χ2n) is 13.6. The molecule has 2 aliphatic carbocycles. The van der Waals surface area contributed by atoms with Gasteiger partial charge in [-0.15, -0.1) is 0 Å². The van der Waals surface area contributed by atoms with Crippen LogP contribution in [0.2, 0.25) is 0 Å². The van der Waals surface area contributed by atoms with E-state index in [4.69, 9.17) is 10.5 Å². The van der Waals surface area contributed by atoms with Crippen molar-refractivity contribution in [2.24, 2.45) is 11.8 Å². The highest BCUT2D eigenvalue weighted by atomic mass is 16.5. The average molecular weight is 606 g/mol. The number of hydrogen-bond acceptors (Lipinski definition) is 8. The molecule has 5 aliphatic rings. The molecule has 1 aromatic heterocycles. The maximum atomic E-state index is 12.3. The second-order valence-corrected chi connectivity index (χ2v) is 13.6. The minimum absolute atomic E-state index is 0.0741. The third-order valence-corrected chi connectivity index (χ3v) is 9.69. The number of carbonyl (C=O) groups is 1. The molecule has 9 nitrogen and oxygen atoms in total. The summed E-state index contributed by atoms with van der Waals surface area (Å²) in [5.41, 5.74) is 9.21. The maximum absolute atomic E-state index is 12.3. The number of nitrogens with zero attached hydrogens (tertiary/aromatic N) is 5. The van der Waals surface area contributed by atoms with E-state index in [1.54, 1.807) is 0 Å². The number of amides is 1. The van der Waals surface area contributed by atoms with Crippen LogP contribution in [0.5, 0.6) is 6.01 Å². The Kier molecular flexibility index (Phi) is 12.1. The SMILES string of the molecule is CC1CCCC1.CN1CCCC1.Nc1nc(OCC2CCC2)nc2c1NC(=O)CCN2Cc1cccc(CN2CCCC2)c1. The summed E-state index contributed by atoms with van der Waals surface area (Å²) >= 11 is 0. The lowest BCUT2D eigenvalue weighted by molar-refractivity contribution is -0.115. The summed E-state index contributed by atoms with van der Waals surface area (Å²) < 4.78 is 5.87. The fourth-order valence-electron chi connectivity index (χ4n) is 6.66. The van der Waals surface area contributed by atoms with Crippen molar-refractivity contribution in [2.75, 3.05) is 62.3 Å². The molecule has 7 rings (SSSR count). The van der Waals surface area contributed by atoms with Crippen LogP contribution in [0.4, 0.5) is 17.3 Å². The molecule has 2 aromatic rings. The summed E-state index contributed by atoms with van der Waals surface area (Å²) in [6, 6.07) is 8.99. The van der Waals surface area contributed by atoms with Crippen molar-refractivity contribution in [2.45, 2.75) is 97.1 Å². The molecule has 2 saturated carbocycles. The molecule has 4 fully saturated rings. The molecule has 242 valence electrons. The molecule has 3 aliphatic heterocycles. The van der Waals surface area contributed by atoms with Crippen LogP contribution in [0.3, 0.4) is 0 Å². The monoisotopic (exact) mass is 605 g/mol. The number of benzene rings is 1. The zero-order valence-corrected chi connectivity index (χ0v) is 27.2. The van der Waals surface area contributed by atoms with Crippen molar-refractivity contribution in [1.82, 2.24) is 19.8 Å². The van der Waals surface area contributed by atoms with Crippen molar-refractivity contribution in [3.05, 3.63) is 35.4 Å². The Morgan fingerprint density at radius 1 is 0.886 bits per heavy atom. The molecule has 1 amide bonds. The van der Waals surface area contributed by atoms with Crippen LogP contribution >= 0.6 is 0 Å². The maximum Gasteiger partial charge on any atom is 0.320 e. The molecule has 0 unspecified atom stereocenters. The van der Waals surface area contributed by atoms with E-state index in [2.05, 4.69) is 68.2 Å². The van der Waals surface area contributed by atoms with Crippen LogP contribution in [-0.4, -0.2) is 72.1 Å². The van der Waals surface area contributed by atoms with Crippen LogP contribution in [0.25, 0.3) is 0 Å². The standard InChI is InChI=1S/C24H32N6O2.C6H12.C5H11N/c25-22-21-23(28-24(27-22)32-16-17-5-3-6-17)30(12-9-20(31)26-21)15-19-8-4-7-18(13-19)14-29-10-1-2-11-29;2*1-6-4-2-3-5-6/h4,7-8,13,17H,1-3,5-6,9-12,14-16H2,(H,26,31)(H2,25,27,28);6H,2-5H2,1H3;2-5H2,1H3. The van der Waals surface area contributed by atoms with Crippen molar-refractivity contribution in [3.63, 3.8) is 0 Å². The number of likely N-dealkylation sites (tertiary alicyclic amines) is 2. The van der Waals surface area contributed by atoms with Gasteiger partial charge in [-0.3, -0.25) is 9.69 Å². The molecule has 44 heavy (non-hydrogen) atoms. The third kappa shape index (κ3) is 9.80. The predicted octanol–water partition coefficient (Wildman–Crippen LogP) is 6.09. The van der Waals surface area contributed by atoms with Crippen molar-refractivity contribution < 1.29 is 9.53 Å². The van der Waals surface area contributed by atoms with E-state index in [1.807, 2.05) is 0 Å². The molecule has 9 heteroatoms. The predicted molar refractivity (Wildman–Crippen MR) is 179 cm³/mol. The molecule has 0 spiro atoms. The topological polar surface area (TPSA) is 99.8 Å². The largest absolute Gasteiger partial charge is 0.463 e. The average Bonchev–Trinajstić information content (AvgIpc) is 3.76. The van der Waals surface area contributed by atoms with Gasteiger partial charge in [0.1, 0.15) is 5.69 Å². The smallest absolute Gasteiger partial charge is 0.320 e. The van der Waals surface area contributed by atoms with Gasteiger partial charge in [0.05, 0.1) is 6.61 Å². The van der Waals surface area contributed by atoms with E-state index in [-0.39, 0.29) is 17.7 Å². The first kappa shape index (κ1) is 32.5. The lowest BCUT2D eigenvalue weighted by Crippen LogP contribution is -2.26. The first-order valence-corrected chi connectivity index (χ1v) is 17.3. The van der Waals surface area contributed by atoms with Crippen molar-refractivity contribution in [1.29, 1.82) is 0 Å². The molecule has 0 atom stereocenters. The van der Waals surface area contributed by atoms with Gasteiger partial charge in [0.25, 0.3) is 0 Å². The number of anilines is 3. The summed E-state index contributed by atoms with van der Waals surface area (Å²) in [4.78, 5) is 28.3. The number of fused-ring (bicyclic) bond motifs is 1. The van der Waals surface area contributed by atoms with Crippen LogP contribution in [-0.2, 0) is 17.9 Å². The lowest BCUT2D eigenvalue weighted by Gasteiger charge is -2.26. The van der Waals surface area contributed by atoms with Crippen LogP contribution in [0.1, 0.15) is 95.1 Å². The van der Waals surface area contributed by atoms with Crippen LogP contribution in [0.15, 0.2) is 24.3 Å². The number of nitrogens with one attached hydrogen (secondary N) is 1. The lowest BCUT2D eigenvalue weighted by atomic mass is 9.86. The number of nitrogen functional groups attached to an aromatic ring is 1. The van der Waals surface area contributed by atoms with Crippen molar-refractivity contribution >= 4 is 23.2 Å². The van der Waals surface area contributed by atoms with Gasteiger partial charge in [-0.05, 0) is 94.7 Å². The highest BCUT2D eigenvalue weighted by molar-refractivity contribution is 5.98. The summed E-state index contributed by atoms with van der Waals surface area (Å²) in [5, 5.41) is 2.89. The Morgan fingerprint density at radius 3 is 2.16 bits per heavy atom. The van der Waals surface area contributed by atoms with Gasteiger partial charge in [0.2, 0.25) is 5.91 Å². The molecule has 0 bridgehead atoms. The zero-order chi connectivity index (χ0) is 30.7. The van der Waals surface area contributed by atoms with Crippen LogP contribution in [0, 0.1) is 11.8 Å². The van der Waals surface area contributed by atoms with E-state index in [0.717, 1.165) is 12.5 Å². The molecule has 0 radical (unpaired) electrons. The summed E-state index contributed by atoms with van der Waals surface area (Å²) in [7, 11) is 2.17. The minimum atomic E-state index is -0.0741. The number of aromatic nitrogens is 2. The molecular weight excluding hydrogens is 550 g/mol. The van der Waals surface area contributed by atoms with E-state index in [0.29, 0.717) is 43.5 Å². The number of carbonyl (C=O) groups excluding carboxylic acids is 1. The van der Waals surface area contributed by atoms with Crippen molar-refractivity contribution in [3.8, 4) is 6.01 Å². The van der Waals surface area contributed by atoms with Crippen LogP contribution < -0.4 is 20.7 Å². The number of nitrogens with two attached hydrogens (primary N) is 1. The highest BCUT2D eigenvalue weighted by Crippen LogP contribution is 2.34. The quantitative estimate of drug-likeness (QED) is 0.391. The molecule has 2 saturated heterocycles. The molecule has 1 aromatic carbocycles. The van der Waals surface area contributed by atoms with Gasteiger partial charge in [-0.25, -0.2) is 0 Å². The van der Waals surface area contributed by atoms with E-state index >= 15 is 0 Å². The van der Waals surface area contributed by atoms with Gasteiger partial charge in [0, 0.05) is 26.1 Å². The van der Waals surface area contributed by atoms with Gasteiger partial charge < -0.3 is 25.6 Å². The summed E-state index contributed by atoms with van der Waals surface area (Å²) in [6.07, 6.45) is 15.4. The van der Waals surface area contributed by atoms with E-state index in [9.17, 15) is 4.79 Å². The Balaban J connectivity index is 0.000000265. The molecular formula is C35H55N7O2. The van der Waals surface area contributed by atoms with Gasteiger partial charge in [-0.2, -0.15) is 9.97 Å². The summed E-state index contributed by atoms with van der Waals surface area (Å²) in [6.45, 7) is 10.1. The molecule has 4 heterocycles. The normalized spacial score (nSPS) is 21.0. The Hall–Kier alpha value is -2.91. The van der Waals surface area contributed by atoms with Gasteiger partial charge in [-0.1, -0.05) is 63.3 Å². The summed E-state index contributed by atoms with van der Waals surface area (Å²) in [5.74, 6) is 2.44. The number of hydrogen-bond donors (Lipinski definition) is 2. The van der Waals surface area contributed by atoms with Gasteiger partial charge in [0.15, 0.2) is 11.6 Å². The first-order valence-electron chi connectivity index (χ1n) is 17.3. The first-order chi connectivity index (χ1) is 21.4. The van der Waals surface area contributed by atoms with E-state index < -0.39 is 0 Å². The molecule has 3 N–H and O–H groups in total. The third-order valence-electron chi connectivity index (χ3n) is 9.69. The Morgan fingerprint density at radius 2 is 1.57 bits per heavy atom. The number of rotatable bonds is 7. The number of ether oxygens (including phenoxy) is 1. The fourth-order valence-corrected chi connectivity index (χ4v) is 6.66. The Labute approximate surface area is 264 Å². The zero-order valence-electron chi connectivity index (χ0n) is 27.2. The highest BCUT2D eigenvalue weighted by Gasteiger charge is 2.26. The Bertz CT molecular complexity index is 1170. The second kappa shape index (κ2) is 16.4.